The molecule has 4 rings (SSSR count). The lowest BCUT2D eigenvalue weighted by atomic mass is 9.98. The smallest absolute Gasteiger partial charge is 0.409 e. The summed E-state index contributed by atoms with van der Waals surface area (Å²) in [6.45, 7) is 4.61. The van der Waals surface area contributed by atoms with Gasteiger partial charge in [0, 0.05) is 32.2 Å². The van der Waals surface area contributed by atoms with E-state index in [1.165, 1.54) is 23.5 Å². The number of piperidine rings is 1. The molecule has 0 saturated carbocycles. The summed E-state index contributed by atoms with van der Waals surface area (Å²) in [6, 6.07) is 4.67. The van der Waals surface area contributed by atoms with Gasteiger partial charge in [0.25, 0.3) is 0 Å². The summed E-state index contributed by atoms with van der Waals surface area (Å²) in [6.07, 6.45) is 1.20. The number of carbonyl (C=O) groups is 2. The zero-order valence-corrected chi connectivity index (χ0v) is 16.5. The molecule has 1 N–H and O–H groups in total. The number of nitrogens with one attached hydrogen (secondary N) is 1. The van der Waals surface area contributed by atoms with Crippen LogP contribution in [0.5, 0.6) is 0 Å². The van der Waals surface area contributed by atoms with Gasteiger partial charge in [-0.05, 0) is 38.0 Å². The second-order valence-corrected chi connectivity index (χ2v) is 8.19. The molecule has 150 valence electrons. The highest BCUT2D eigenvalue weighted by molar-refractivity contribution is 7.22. The van der Waals surface area contributed by atoms with Gasteiger partial charge in [-0.25, -0.2) is 14.2 Å². The third-order valence-electron chi connectivity index (χ3n) is 5.23. The third-order valence-corrected chi connectivity index (χ3v) is 6.31. The van der Waals surface area contributed by atoms with E-state index < -0.39 is 0 Å². The van der Waals surface area contributed by atoms with Crippen LogP contribution in [-0.4, -0.2) is 60.7 Å². The largest absolute Gasteiger partial charge is 0.450 e. The number of halogens is 1. The van der Waals surface area contributed by atoms with Crippen LogP contribution in [-0.2, 0) is 9.53 Å². The lowest BCUT2D eigenvalue weighted by Gasteiger charge is -2.39. The van der Waals surface area contributed by atoms with Crippen molar-refractivity contribution in [1.82, 2.24) is 15.2 Å². The molecule has 0 aliphatic carbocycles. The number of hydrogen-bond donors (Lipinski definition) is 1. The number of carbonyl (C=O) groups excluding carboxylic acids is 2. The SMILES string of the molecule is CCOC(=O)N1CCC(NC(=O)C2CN(c3nc4ccc(F)cc4s3)C2)CC1. The van der Waals surface area contributed by atoms with E-state index in [1.807, 2.05) is 0 Å². The van der Waals surface area contributed by atoms with Crippen LogP contribution >= 0.6 is 11.3 Å². The number of amides is 2. The highest BCUT2D eigenvalue weighted by Gasteiger charge is 2.36. The summed E-state index contributed by atoms with van der Waals surface area (Å²) in [5, 5.41) is 3.93. The number of benzene rings is 1. The maximum Gasteiger partial charge on any atom is 0.409 e. The Kier molecular flexibility index (Phi) is 5.34. The minimum absolute atomic E-state index is 0.0537. The first-order valence-corrected chi connectivity index (χ1v) is 10.4. The minimum Gasteiger partial charge on any atom is -0.450 e. The highest BCUT2D eigenvalue weighted by atomic mass is 32.1. The van der Waals surface area contributed by atoms with Gasteiger partial charge in [0.05, 0.1) is 22.7 Å². The van der Waals surface area contributed by atoms with E-state index in [0.717, 1.165) is 28.2 Å². The van der Waals surface area contributed by atoms with Gasteiger partial charge >= 0.3 is 6.09 Å². The van der Waals surface area contributed by atoms with E-state index in [0.29, 0.717) is 32.8 Å². The van der Waals surface area contributed by atoms with Crippen LogP contribution in [0.4, 0.5) is 14.3 Å². The fourth-order valence-corrected chi connectivity index (χ4v) is 4.57. The van der Waals surface area contributed by atoms with Gasteiger partial charge in [0.1, 0.15) is 5.82 Å². The van der Waals surface area contributed by atoms with Crippen LogP contribution in [0, 0.1) is 11.7 Å². The van der Waals surface area contributed by atoms with Crippen molar-refractivity contribution in [1.29, 1.82) is 0 Å². The molecule has 9 heteroatoms. The van der Waals surface area contributed by atoms with Gasteiger partial charge in [-0.1, -0.05) is 11.3 Å². The number of anilines is 1. The number of hydrogen-bond acceptors (Lipinski definition) is 6. The fourth-order valence-electron chi connectivity index (χ4n) is 3.56. The number of likely N-dealkylation sites (tertiary alicyclic amines) is 1. The normalized spacial score (nSPS) is 18.2. The quantitative estimate of drug-likeness (QED) is 0.845. The average Bonchev–Trinajstić information content (AvgIpc) is 3.03. The molecule has 2 amide bonds. The second kappa shape index (κ2) is 7.90. The van der Waals surface area contributed by atoms with E-state index in [9.17, 15) is 14.0 Å². The molecule has 3 heterocycles. The number of aromatic nitrogens is 1. The van der Waals surface area contributed by atoms with Gasteiger partial charge in [-0.2, -0.15) is 0 Å². The van der Waals surface area contributed by atoms with Crippen LogP contribution < -0.4 is 10.2 Å². The molecule has 0 atom stereocenters. The van der Waals surface area contributed by atoms with Crippen molar-refractivity contribution >= 4 is 38.7 Å². The van der Waals surface area contributed by atoms with Gasteiger partial charge in [0.15, 0.2) is 5.13 Å². The van der Waals surface area contributed by atoms with Crippen molar-refractivity contribution < 1.29 is 18.7 Å². The van der Waals surface area contributed by atoms with Crippen molar-refractivity contribution in [3.05, 3.63) is 24.0 Å². The van der Waals surface area contributed by atoms with Crippen molar-refractivity contribution in [2.45, 2.75) is 25.8 Å². The number of nitrogens with zero attached hydrogens (tertiary/aromatic N) is 3. The summed E-state index contributed by atoms with van der Waals surface area (Å²) < 4.78 is 19.2. The predicted molar refractivity (Wildman–Crippen MR) is 105 cm³/mol. The molecule has 0 bridgehead atoms. The summed E-state index contributed by atoms with van der Waals surface area (Å²) in [5.74, 6) is -0.276. The molecule has 0 radical (unpaired) electrons. The highest BCUT2D eigenvalue weighted by Crippen LogP contribution is 2.33. The Morgan fingerprint density at radius 1 is 1.32 bits per heavy atom. The molecular formula is C19H23FN4O3S. The Balaban J connectivity index is 1.24. The van der Waals surface area contributed by atoms with E-state index in [1.54, 1.807) is 17.9 Å². The molecule has 2 fully saturated rings. The Bertz CT molecular complexity index is 875. The number of thiazole rings is 1. The maximum absolute atomic E-state index is 13.3. The second-order valence-electron chi connectivity index (χ2n) is 7.18. The van der Waals surface area contributed by atoms with Crippen molar-refractivity contribution in [2.75, 3.05) is 37.7 Å². The molecule has 7 nitrogen and oxygen atoms in total. The van der Waals surface area contributed by atoms with Gasteiger partial charge in [-0.3, -0.25) is 4.79 Å². The molecule has 1 aromatic heterocycles. The molecule has 0 spiro atoms. The van der Waals surface area contributed by atoms with Crippen LogP contribution in [0.1, 0.15) is 19.8 Å². The Morgan fingerprint density at radius 2 is 2.07 bits per heavy atom. The number of fused-ring (bicyclic) bond motifs is 1. The zero-order valence-electron chi connectivity index (χ0n) is 15.7. The van der Waals surface area contributed by atoms with E-state index >= 15 is 0 Å². The molecule has 1 aromatic carbocycles. The van der Waals surface area contributed by atoms with Gasteiger partial charge < -0.3 is 19.9 Å². The van der Waals surface area contributed by atoms with Gasteiger partial charge in [-0.15, -0.1) is 0 Å². The maximum atomic E-state index is 13.3. The summed E-state index contributed by atoms with van der Waals surface area (Å²) in [5.41, 5.74) is 0.780. The Labute approximate surface area is 166 Å². The fraction of sp³-hybridized carbons (Fsp3) is 0.526. The Morgan fingerprint density at radius 3 is 2.79 bits per heavy atom. The summed E-state index contributed by atoms with van der Waals surface area (Å²) in [4.78, 5) is 32.5. The lowest BCUT2D eigenvalue weighted by molar-refractivity contribution is -0.126. The first-order valence-electron chi connectivity index (χ1n) is 9.56. The predicted octanol–water partition coefficient (Wildman–Crippen LogP) is 2.61. The van der Waals surface area contributed by atoms with Crippen LogP contribution in [0.2, 0.25) is 0 Å². The number of rotatable bonds is 4. The topological polar surface area (TPSA) is 74.8 Å². The summed E-state index contributed by atoms with van der Waals surface area (Å²) >= 11 is 1.45. The molecule has 2 saturated heterocycles. The zero-order chi connectivity index (χ0) is 19.7. The van der Waals surface area contributed by atoms with Crippen molar-refractivity contribution in [3.8, 4) is 0 Å². The van der Waals surface area contributed by atoms with E-state index in [-0.39, 0.29) is 29.8 Å². The third kappa shape index (κ3) is 3.89. The molecular weight excluding hydrogens is 383 g/mol. The minimum atomic E-state index is -0.280. The lowest BCUT2D eigenvalue weighted by Crippen LogP contribution is -2.56. The monoisotopic (exact) mass is 406 g/mol. The average molecular weight is 406 g/mol. The molecule has 0 unspecified atom stereocenters. The molecule has 28 heavy (non-hydrogen) atoms. The molecule has 2 aromatic rings. The van der Waals surface area contributed by atoms with E-state index in [4.69, 9.17) is 4.74 Å². The number of ether oxygens (including phenoxy) is 1. The Hall–Kier alpha value is -2.42. The first-order chi connectivity index (χ1) is 13.5. The van der Waals surface area contributed by atoms with Crippen LogP contribution in [0.25, 0.3) is 10.2 Å². The van der Waals surface area contributed by atoms with Crippen LogP contribution in [0.15, 0.2) is 18.2 Å². The summed E-state index contributed by atoms with van der Waals surface area (Å²) in [7, 11) is 0. The molecule has 2 aliphatic rings. The standard InChI is InChI=1S/C19H23FN4O3S/c1-2-27-19(26)23-7-5-14(6-8-23)21-17(25)12-10-24(11-12)18-22-15-4-3-13(20)9-16(15)28-18/h3-4,9,12,14H,2,5-8,10-11H2,1H3,(H,21,25). The molecule has 2 aliphatic heterocycles. The van der Waals surface area contributed by atoms with Crippen molar-refractivity contribution in [3.63, 3.8) is 0 Å². The van der Waals surface area contributed by atoms with E-state index in [2.05, 4.69) is 15.2 Å². The van der Waals surface area contributed by atoms with Crippen LogP contribution in [0.3, 0.4) is 0 Å². The van der Waals surface area contributed by atoms with Gasteiger partial charge in [0.2, 0.25) is 5.91 Å². The first kappa shape index (κ1) is 18.9. The van der Waals surface area contributed by atoms with Crippen molar-refractivity contribution in [2.24, 2.45) is 5.92 Å².